The van der Waals surface area contributed by atoms with Crippen LogP contribution in [0.4, 0.5) is 24.5 Å². The minimum atomic E-state index is -4.73. The predicted molar refractivity (Wildman–Crippen MR) is 184 cm³/mol. The fourth-order valence-electron chi connectivity index (χ4n) is 4.57. The standard InChI is InChI=1S/C37H27ClF3N3O3S/c38-27-16-21-31(30(23-27)37(39,40)41)43-36(47)33(25-12-6-2-7-13-25)48-29-19-17-28(18-20-29)42-35(46)32(22-24-10-4-1-5-11-24)44-34(45)26-14-8-3-9-15-26/h1-23,33H,(H,42,46)(H,43,47)(H,44,45)/b32-22-. The molecular weight excluding hydrogens is 659 g/mol. The van der Waals surface area contributed by atoms with Crippen LogP contribution in [-0.2, 0) is 15.8 Å². The van der Waals surface area contributed by atoms with Gasteiger partial charge in [-0.25, -0.2) is 0 Å². The molecule has 0 saturated carbocycles. The summed E-state index contributed by atoms with van der Waals surface area (Å²) in [6, 6.07) is 36.0. The lowest BCUT2D eigenvalue weighted by Crippen LogP contribution is -2.30. The Kier molecular flexibility index (Phi) is 11.0. The highest BCUT2D eigenvalue weighted by Crippen LogP contribution is 2.40. The van der Waals surface area contributed by atoms with Gasteiger partial charge in [0.2, 0.25) is 5.91 Å². The molecule has 0 radical (unpaired) electrons. The zero-order chi connectivity index (χ0) is 34.1. The Morgan fingerprint density at radius 1 is 0.729 bits per heavy atom. The van der Waals surface area contributed by atoms with Gasteiger partial charge in [0.1, 0.15) is 10.9 Å². The highest BCUT2D eigenvalue weighted by atomic mass is 35.5. The number of hydrogen-bond donors (Lipinski definition) is 3. The molecule has 48 heavy (non-hydrogen) atoms. The van der Waals surface area contributed by atoms with Crippen molar-refractivity contribution in [3.05, 3.63) is 166 Å². The van der Waals surface area contributed by atoms with Gasteiger partial charge in [-0.15, -0.1) is 11.8 Å². The molecule has 1 atom stereocenters. The topological polar surface area (TPSA) is 87.3 Å². The largest absolute Gasteiger partial charge is 0.418 e. The van der Waals surface area contributed by atoms with Crippen molar-refractivity contribution < 1.29 is 27.6 Å². The van der Waals surface area contributed by atoms with Gasteiger partial charge in [0.15, 0.2) is 0 Å². The maximum absolute atomic E-state index is 13.7. The number of carbonyl (C=O) groups is 3. The van der Waals surface area contributed by atoms with Crippen molar-refractivity contribution in [2.75, 3.05) is 10.6 Å². The van der Waals surface area contributed by atoms with E-state index in [9.17, 15) is 27.6 Å². The quantitative estimate of drug-likeness (QED) is 0.101. The summed E-state index contributed by atoms with van der Waals surface area (Å²) < 4.78 is 41.1. The van der Waals surface area contributed by atoms with E-state index < -0.39 is 40.4 Å². The highest BCUT2D eigenvalue weighted by Gasteiger charge is 2.35. The molecule has 0 saturated heterocycles. The molecule has 0 aromatic heterocycles. The smallest absolute Gasteiger partial charge is 0.324 e. The van der Waals surface area contributed by atoms with Crippen LogP contribution in [0.15, 0.2) is 144 Å². The first-order valence-corrected chi connectivity index (χ1v) is 15.8. The van der Waals surface area contributed by atoms with Crippen molar-refractivity contribution in [3.63, 3.8) is 0 Å². The number of anilines is 2. The lowest BCUT2D eigenvalue weighted by Gasteiger charge is -2.20. The van der Waals surface area contributed by atoms with Crippen LogP contribution in [0.1, 0.15) is 32.3 Å². The van der Waals surface area contributed by atoms with Crippen LogP contribution < -0.4 is 16.0 Å². The zero-order valence-corrected chi connectivity index (χ0v) is 26.6. The van der Waals surface area contributed by atoms with Crippen LogP contribution in [0.2, 0.25) is 5.02 Å². The molecule has 0 aliphatic rings. The number of alkyl halides is 3. The Morgan fingerprint density at radius 2 is 1.33 bits per heavy atom. The Bertz CT molecular complexity index is 1920. The molecule has 0 bridgehead atoms. The van der Waals surface area contributed by atoms with Crippen molar-refractivity contribution in [2.24, 2.45) is 0 Å². The van der Waals surface area contributed by atoms with E-state index in [1.54, 1.807) is 103 Å². The summed E-state index contributed by atoms with van der Waals surface area (Å²) in [7, 11) is 0. The third-order valence-electron chi connectivity index (χ3n) is 6.89. The molecule has 0 heterocycles. The molecule has 5 aromatic carbocycles. The SMILES string of the molecule is O=C(Nc1ccc(SC(C(=O)Nc2ccc(Cl)cc2C(F)(F)F)c2ccccc2)cc1)/C(=C/c1ccccc1)NC(=O)c1ccccc1. The number of amides is 3. The maximum Gasteiger partial charge on any atom is 0.418 e. The molecule has 1 unspecified atom stereocenters. The predicted octanol–water partition coefficient (Wildman–Crippen LogP) is 9.24. The fourth-order valence-corrected chi connectivity index (χ4v) is 5.77. The number of carbonyl (C=O) groups excluding carboxylic acids is 3. The molecule has 0 aliphatic carbocycles. The summed E-state index contributed by atoms with van der Waals surface area (Å²) in [5.74, 6) is -1.68. The Balaban J connectivity index is 1.34. The van der Waals surface area contributed by atoms with E-state index in [0.29, 0.717) is 27.3 Å². The van der Waals surface area contributed by atoms with Gasteiger partial charge in [0.25, 0.3) is 11.8 Å². The van der Waals surface area contributed by atoms with Crippen LogP contribution in [-0.4, -0.2) is 17.7 Å². The molecule has 0 spiro atoms. The maximum atomic E-state index is 13.7. The lowest BCUT2D eigenvalue weighted by atomic mass is 10.1. The van der Waals surface area contributed by atoms with Crippen molar-refractivity contribution in [3.8, 4) is 0 Å². The first kappa shape index (κ1) is 34.0. The van der Waals surface area contributed by atoms with E-state index >= 15 is 0 Å². The first-order valence-electron chi connectivity index (χ1n) is 14.5. The minimum Gasteiger partial charge on any atom is -0.324 e. The number of hydrogen-bond acceptors (Lipinski definition) is 4. The molecule has 5 rings (SSSR count). The summed E-state index contributed by atoms with van der Waals surface area (Å²) in [6.45, 7) is 0. The van der Waals surface area contributed by atoms with Gasteiger partial charge in [0, 0.05) is 21.2 Å². The summed E-state index contributed by atoms with van der Waals surface area (Å²) in [5, 5.41) is 6.87. The van der Waals surface area contributed by atoms with Crippen LogP contribution >= 0.6 is 23.4 Å². The summed E-state index contributed by atoms with van der Waals surface area (Å²) >= 11 is 6.93. The van der Waals surface area contributed by atoms with E-state index in [-0.39, 0.29) is 10.7 Å². The van der Waals surface area contributed by atoms with E-state index in [1.807, 2.05) is 18.2 Å². The average molecular weight is 686 g/mol. The van der Waals surface area contributed by atoms with Crippen molar-refractivity contribution in [2.45, 2.75) is 16.3 Å². The van der Waals surface area contributed by atoms with Gasteiger partial charge in [-0.3, -0.25) is 14.4 Å². The Hall–Kier alpha value is -5.32. The second-order valence-corrected chi connectivity index (χ2v) is 12.0. The Labute approximate surface area is 284 Å². The fraction of sp³-hybridized carbons (Fsp3) is 0.0541. The Morgan fingerprint density at radius 3 is 1.96 bits per heavy atom. The first-order chi connectivity index (χ1) is 23.1. The molecule has 5 aromatic rings. The van der Waals surface area contributed by atoms with E-state index in [0.717, 1.165) is 23.9 Å². The molecule has 0 fully saturated rings. The van der Waals surface area contributed by atoms with Crippen molar-refractivity contribution >= 4 is 58.5 Å². The van der Waals surface area contributed by atoms with Gasteiger partial charge in [-0.1, -0.05) is 90.5 Å². The van der Waals surface area contributed by atoms with Crippen LogP contribution in [0.25, 0.3) is 6.08 Å². The molecule has 242 valence electrons. The third kappa shape index (κ3) is 9.15. The summed E-state index contributed by atoms with van der Waals surface area (Å²) in [5.41, 5.74) is 0.631. The zero-order valence-electron chi connectivity index (χ0n) is 25.0. The number of rotatable bonds is 10. The van der Waals surface area contributed by atoms with Gasteiger partial charge in [-0.2, -0.15) is 13.2 Å². The number of benzene rings is 5. The van der Waals surface area contributed by atoms with Crippen molar-refractivity contribution in [1.29, 1.82) is 0 Å². The van der Waals surface area contributed by atoms with Gasteiger partial charge in [0.05, 0.1) is 11.3 Å². The molecule has 3 amide bonds. The number of nitrogens with one attached hydrogen (secondary N) is 3. The number of halogens is 4. The van der Waals surface area contributed by atoms with Crippen molar-refractivity contribution in [1.82, 2.24) is 5.32 Å². The lowest BCUT2D eigenvalue weighted by molar-refractivity contribution is -0.137. The van der Waals surface area contributed by atoms with E-state index in [4.69, 9.17) is 11.6 Å². The van der Waals surface area contributed by atoms with E-state index in [2.05, 4.69) is 16.0 Å². The second-order valence-electron chi connectivity index (χ2n) is 10.4. The van der Waals surface area contributed by atoms with Crippen LogP contribution in [0.5, 0.6) is 0 Å². The average Bonchev–Trinajstić information content (AvgIpc) is 3.09. The van der Waals surface area contributed by atoms with Gasteiger partial charge in [-0.05, 0) is 71.8 Å². The summed E-state index contributed by atoms with van der Waals surface area (Å²) in [6.07, 6.45) is -3.17. The molecule has 0 aliphatic heterocycles. The minimum absolute atomic E-state index is 0.0229. The third-order valence-corrected chi connectivity index (χ3v) is 8.39. The number of thioether (sulfide) groups is 1. The molecule has 6 nitrogen and oxygen atoms in total. The van der Waals surface area contributed by atoms with Crippen LogP contribution in [0, 0.1) is 0 Å². The van der Waals surface area contributed by atoms with Crippen LogP contribution in [0.3, 0.4) is 0 Å². The van der Waals surface area contributed by atoms with Gasteiger partial charge < -0.3 is 16.0 Å². The molecule has 11 heteroatoms. The molecular formula is C37H27ClF3N3O3S. The second kappa shape index (κ2) is 15.5. The monoisotopic (exact) mass is 685 g/mol. The normalized spacial score (nSPS) is 12.1. The highest BCUT2D eigenvalue weighted by molar-refractivity contribution is 8.00. The van der Waals surface area contributed by atoms with Gasteiger partial charge >= 0.3 is 6.18 Å². The molecule has 3 N–H and O–H groups in total. The van der Waals surface area contributed by atoms with E-state index in [1.165, 1.54) is 6.07 Å². The summed E-state index contributed by atoms with van der Waals surface area (Å²) in [4.78, 5) is 40.4.